The number of nitrogens with zero attached hydrogens (tertiary/aromatic N) is 1. The van der Waals surface area contributed by atoms with Crippen molar-refractivity contribution >= 4 is 17.2 Å². The van der Waals surface area contributed by atoms with E-state index >= 15 is 0 Å². The standard InChI is InChI=1S/C20H26N2OS/c1-14-9-10-15(2)16(12-14)13-19(23)21-11-5-8-20-22-17-6-3-4-7-18(17)24-20/h9-10,12H,3-8,11,13H2,1-2H3,(H,21,23). The number of rotatable bonds is 6. The van der Waals surface area contributed by atoms with Gasteiger partial charge in [0, 0.05) is 17.8 Å². The molecule has 0 atom stereocenters. The molecule has 24 heavy (non-hydrogen) atoms. The minimum atomic E-state index is 0.113. The lowest BCUT2D eigenvalue weighted by molar-refractivity contribution is -0.120. The summed E-state index contributed by atoms with van der Waals surface area (Å²) in [6, 6.07) is 6.28. The maximum atomic E-state index is 12.1. The van der Waals surface area contributed by atoms with Crippen LogP contribution in [-0.2, 0) is 30.5 Å². The highest BCUT2D eigenvalue weighted by molar-refractivity contribution is 7.11. The van der Waals surface area contributed by atoms with Crippen LogP contribution >= 0.6 is 11.3 Å². The van der Waals surface area contributed by atoms with Crippen LogP contribution in [0.3, 0.4) is 0 Å². The summed E-state index contributed by atoms with van der Waals surface area (Å²) in [6.07, 6.45) is 7.36. The van der Waals surface area contributed by atoms with E-state index < -0.39 is 0 Å². The van der Waals surface area contributed by atoms with E-state index in [2.05, 4.69) is 37.4 Å². The Morgan fingerprint density at radius 2 is 2.08 bits per heavy atom. The van der Waals surface area contributed by atoms with Crippen LogP contribution in [0.4, 0.5) is 0 Å². The summed E-state index contributed by atoms with van der Waals surface area (Å²) in [5, 5.41) is 4.29. The number of carbonyl (C=O) groups excluding carboxylic acids is 1. The van der Waals surface area contributed by atoms with Gasteiger partial charge >= 0.3 is 0 Å². The van der Waals surface area contributed by atoms with E-state index in [9.17, 15) is 4.79 Å². The molecule has 0 radical (unpaired) electrons. The SMILES string of the molecule is Cc1ccc(C)c(CC(=O)NCCCc2nc3c(s2)CCCC3)c1. The van der Waals surface area contributed by atoms with Crippen molar-refractivity contribution in [3.8, 4) is 0 Å². The molecule has 0 saturated heterocycles. The van der Waals surface area contributed by atoms with Gasteiger partial charge in [-0.2, -0.15) is 0 Å². The highest BCUT2D eigenvalue weighted by atomic mass is 32.1. The molecule has 3 rings (SSSR count). The van der Waals surface area contributed by atoms with Gasteiger partial charge in [-0.25, -0.2) is 4.98 Å². The fourth-order valence-electron chi connectivity index (χ4n) is 3.21. The van der Waals surface area contributed by atoms with Gasteiger partial charge in [-0.05, 0) is 57.1 Å². The van der Waals surface area contributed by atoms with Crippen molar-refractivity contribution in [3.05, 3.63) is 50.5 Å². The van der Waals surface area contributed by atoms with Crippen LogP contribution < -0.4 is 5.32 Å². The summed E-state index contributed by atoms with van der Waals surface area (Å²) in [5.74, 6) is 0.113. The molecule has 3 nitrogen and oxygen atoms in total. The number of aryl methyl sites for hydroxylation is 5. The molecule has 1 amide bonds. The molecule has 1 aliphatic carbocycles. The molecule has 1 N–H and O–H groups in total. The summed E-state index contributed by atoms with van der Waals surface area (Å²) in [4.78, 5) is 18.4. The zero-order valence-corrected chi connectivity index (χ0v) is 15.5. The van der Waals surface area contributed by atoms with Crippen LogP contribution in [0.5, 0.6) is 0 Å². The molecule has 1 aromatic heterocycles. The number of aromatic nitrogens is 1. The lowest BCUT2D eigenvalue weighted by Crippen LogP contribution is -2.26. The molecular weight excluding hydrogens is 316 g/mol. The molecule has 0 bridgehead atoms. The molecular formula is C20H26N2OS. The van der Waals surface area contributed by atoms with Crippen LogP contribution in [0, 0.1) is 13.8 Å². The predicted octanol–water partition coefficient (Wildman–Crippen LogP) is 3.93. The minimum absolute atomic E-state index is 0.113. The number of hydrogen-bond donors (Lipinski definition) is 1. The van der Waals surface area contributed by atoms with Gasteiger partial charge in [0.25, 0.3) is 0 Å². The molecule has 0 unspecified atom stereocenters. The van der Waals surface area contributed by atoms with Gasteiger partial charge in [0.1, 0.15) is 0 Å². The van der Waals surface area contributed by atoms with Crippen LogP contribution in [0.25, 0.3) is 0 Å². The first-order valence-corrected chi connectivity index (χ1v) is 9.74. The lowest BCUT2D eigenvalue weighted by atomic mass is 10.0. The van der Waals surface area contributed by atoms with Gasteiger partial charge in [-0.3, -0.25) is 4.79 Å². The number of benzene rings is 1. The molecule has 0 aliphatic heterocycles. The first-order chi connectivity index (χ1) is 11.6. The van der Waals surface area contributed by atoms with E-state index in [4.69, 9.17) is 4.98 Å². The van der Waals surface area contributed by atoms with Gasteiger partial charge in [0.05, 0.1) is 17.1 Å². The smallest absolute Gasteiger partial charge is 0.224 e. The first kappa shape index (κ1) is 17.2. The van der Waals surface area contributed by atoms with E-state index in [0.29, 0.717) is 6.42 Å². The van der Waals surface area contributed by atoms with Gasteiger partial charge in [0.2, 0.25) is 5.91 Å². The molecule has 2 aromatic rings. The van der Waals surface area contributed by atoms with Crippen molar-refractivity contribution in [3.63, 3.8) is 0 Å². The van der Waals surface area contributed by atoms with E-state index in [0.717, 1.165) is 31.4 Å². The summed E-state index contributed by atoms with van der Waals surface area (Å²) < 4.78 is 0. The van der Waals surface area contributed by atoms with Crippen molar-refractivity contribution < 1.29 is 4.79 Å². The zero-order chi connectivity index (χ0) is 16.9. The number of fused-ring (bicyclic) bond motifs is 1. The summed E-state index contributed by atoms with van der Waals surface area (Å²) in [7, 11) is 0. The van der Waals surface area contributed by atoms with Crippen molar-refractivity contribution in [2.45, 2.75) is 58.8 Å². The number of nitrogens with one attached hydrogen (secondary N) is 1. The van der Waals surface area contributed by atoms with Crippen molar-refractivity contribution in [1.29, 1.82) is 0 Å². The largest absolute Gasteiger partial charge is 0.356 e. The highest BCUT2D eigenvalue weighted by Gasteiger charge is 2.14. The Bertz CT molecular complexity index is 697. The first-order valence-electron chi connectivity index (χ1n) is 8.92. The fourth-order valence-corrected chi connectivity index (χ4v) is 4.40. The lowest BCUT2D eigenvalue weighted by Gasteiger charge is -2.08. The van der Waals surface area contributed by atoms with E-state index in [1.54, 1.807) is 0 Å². The zero-order valence-electron chi connectivity index (χ0n) is 14.7. The monoisotopic (exact) mass is 342 g/mol. The van der Waals surface area contributed by atoms with Gasteiger partial charge in [-0.1, -0.05) is 23.8 Å². The number of carbonyl (C=O) groups is 1. The minimum Gasteiger partial charge on any atom is -0.356 e. The summed E-state index contributed by atoms with van der Waals surface area (Å²) >= 11 is 1.88. The molecule has 0 fully saturated rings. The van der Waals surface area contributed by atoms with Crippen LogP contribution in [0.15, 0.2) is 18.2 Å². The number of amides is 1. The second kappa shape index (κ2) is 7.93. The molecule has 1 aliphatic rings. The number of hydrogen-bond acceptors (Lipinski definition) is 3. The molecule has 0 saturated carbocycles. The van der Waals surface area contributed by atoms with E-state index in [1.807, 2.05) is 11.3 Å². The highest BCUT2D eigenvalue weighted by Crippen LogP contribution is 2.27. The van der Waals surface area contributed by atoms with Crippen molar-refractivity contribution in [1.82, 2.24) is 10.3 Å². The van der Waals surface area contributed by atoms with E-state index in [-0.39, 0.29) is 5.91 Å². The normalized spacial score (nSPS) is 13.6. The second-order valence-corrected chi connectivity index (χ2v) is 7.91. The Hall–Kier alpha value is -1.68. The maximum Gasteiger partial charge on any atom is 0.224 e. The summed E-state index contributed by atoms with van der Waals surface area (Å²) in [6.45, 7) is 4.86. The molecule has 4 heteroatoms. The third-order valence-electron chi connectivity index (χ3n) is 4.64. The molecule has 0 spiro atoms. The van der Waals surface area contributed by atoms with Gasteiger partial charge in [0.15, 0.2) is 0 Å². The van der Waals surface area contributed by atoms with Crippen LogP contribution in [0.2, 0.25) is 0 Å². The Morgan fingerprint density at radius 3 is 2.92 bits per heavy atom. The fraction of sp³-hybridized carbons (Fsp3) is 0.500. The third kappa shape index (κ3) is 4.44. The van der Waals surface area contributed by atoms with Crippen LogP contribution in [0.1, 0.15) is 51.5 Å². The summed E-state index contributed by atoms with van der Waals surface area (Å²) in [5.41, 5.74) is 4.85. The Balaban J connectivity index is 1.42. The predicted molar refractivity (Wildman–Crippen MR) is 99.7 cm³/mol. The quantitative estimate of drug-likeness (QED) is 0.808. The molecule has 1 aromatic carbocycles. The van der Waals surface area contributed by atoms with Crippen molar-refractivity contribution in [2.75, 3.05) is 6.54 Å². The Labute approximate surface area is 148 Å². The van der Waals surface area contributed by atoms with Crippen molar-refractivity contribution in [2.24, 2.45) is 0 Å². The Kier molecular flexibility index (Phi) is 5.67. The molecule has 128 valence electrons. The average molecular weight is 343 g/mol. The second-order valence-electron chi connectivity index (χ2n) is 6.74. The van der Waals surface area contributed by atoms with Gasteiger partial charge < -0.3 is 5.32 Å². The third-order valence-corrected chi connectivity index (χ3v) is 5.85. The maximum absolute atomic E-state index is 12.1. The van der Waals surface area contributed by atoms with Gasteiger partial charge in [-0.15, -0.1) is 11.3 Å². The average Bonchev–Trinajstić information content (AvgIpc) is 2.98. The van der Waals surface area contributed by atoms with E-state index in [1.165, 1.54) is 46.0 Å². The Morgan fingerprint density at radius 1 is 1.25 bits per heavy atom. The topological polar surface area (TPSA) is 42.0 Å². The van der Waals surface area contributed by atoms with Crippen LogP contribution in [-0.4, -0.2) is 17.4 Å². The number of thiazole rings is 1. The molecule has 1 heterocycles.